The average Bonchev–Trinajstić information content (AvgIpc) is 3.07. The maximum absolute atomic E-state index is 12.1. The maximum Gasteiger partial charge on any atom is 0.225 e. The fourth-order valence-corrected chi connectivity index (χ4v) is 3.33. The Morgan fingerprint density at radius 1 is 1.36 bits per heavy atom. The van der Waals surface area contributed by atoms with Gasteiger partial charge in [-0.25, -0.2) is 0 Å². The summed E-state index contributed by atoms with van der Waals surface area (Å²) < 4.78 is 2.01. The molecule has 0 saturated carbocycles. The van der Waals surface area contributed by atoms with Crippen LogP contribution in [0.4, 0.5) is 0 Å². The molecule has 1 amide bonds. The standard InChI is InChI=1S/C17H30N4O/c1-6-15-14(16(7-2)20(5)19-15)10-18-13-8-9-21(11-13)17(22)12(3)4/h12-13,18H,6-11H2,1-5H3/t13-/m1/s1. The highest BCUT2D eigenvalue weighted by atomic mass is 16.2. The van der Waals surface area contributed by atoms with Crippen molar-refractivity contribution >= 4 is 5.91 Å². The van der Waals surface area contributed by atoms with Crippen LogP contribution in [0.15, 0.2) is 0 Å². The Balaban J connectivity index is 1.96. The SMILES string of the molecule is CCc1nn(C)c(CC)c1CN[C@@H]1CCN(C(=O)C(C)C)C1. The molecular weight excluding hydrogens is 276 g/mol. The summed E-state index contributed by atoms with van der Waals surface area (Å²) >= 11 is 0. The number of nitrogens with zero attached hydrogens (tertiary/aromatic N) is 3. The van der Waals surface area contributed by atoms with Crippen molar-refractivity contribution in [2.75, 3.05) is 13.1 Å². The molecule has 5 nitrogen and oxygen atoms in total. The summed E-state index contributed by atoms with van der Waals surface area (Å²) in [6, 6.07) is 0.400. The Morgan fingerprint density at radius 3 is 2.68 bits per heavy atom. The van der Waals surface area contributed by atoms with Crippen LogP contribution >= 0.6 is 0 Å². The number of hydrogen-bond donors (Lipinski definition) is 1. The number of aryl methyl sites for hydroxylation is 2. The van der Waals surface area contributed by atoms with E-state index in [0.29, 0.717) is 6.04 Å². The predicted molar refractivity (Wildman–Crippen MR) is 88.6 cm³/mol. The van der Waals surface area contributed by atoms with Crippen LogP contribution < -0.4 is 5.32 Å². The fraction of sp³-hybridized carbons (Fsp3) is 0.765. The van der Waals surface area contributed by atoms with Gasteiger partial charge in [0.05, 0.1) is 5.69 Å². The van der Waals surface area contributed by atoms with Crippen molar-refractivity contribution in [1.82, 2.24) is 20.0 Å². The Kier molecular flexibility index (Phi) is 5.62. The highest BCUT2D eigenvalue weighted by Gasteiger charge is 2.27. The van der Waals surface area contributed by atoms with Crippen molar-refractivity contribution in [1.29, 1.82) is 0 Å². The number of nitrogens with one attached hydrogen (secondary N) is 1. The first-order valence-corrected chi connectivity index (χ1v) is 8.53. The molecule has 1 fully saturated rings. The van der Waals surface area contributed by atoms with Crippen LogP contribution in [0.2, 0.25) is 0 Å². The molecule has 0 radical (unpaired) electrons. The summed E-state index contributed by atoms with van der Waals surface area (Å²) in [7, 11) is 2.03. The Morgan fingerprint density at radius 2 is 2.09 bits per heavy atom. The third-order valence-electron chi connectivity index (χ3n) is 4.59. The molecule has 5 heteroatoms. The first kappa shape index (κ1) is 17.0. The van der Waals surface area contributed by atoms with Crippen molar-refractivity contribution in [3.8, 4) is 0 Å². The quantitative estimate of drug-likeness (QED) is 0.873. The molecule has 1 N–H and O–H groups in total. The second kappa shape index (κ2) is 7.27. The van der Waals surface area contributed by atoms with Crippen LogP contribution in [0, 0.1) is 5.92 Å². The molecule has 0 bridgehead atoms. The molecule has 22 heavy (non-hydrogen) atoms. The Hall–Kier alpha value is -1.36. The van der Waals surface area contributed by atoms with E-state index in [4.69, 9.17) is 0 Å². The second-order valence-corrected chi connectivity index (χ2v) is 6.51. The monoisotopic (exact) mass is 306 g/mol. The van der Waals surface area contributed by atoms with E-state index in [2.05, 4.69) is 24.3 Å². The predicted octanol–water partition coefficient (Wildman–Crippen LogP) is 1.89. The van der Waals surface area contributed by atoms with Crippen molar-refractivity contribution in [2.45, 2.75) is 59.5 Å². The molecule has 2 rings (SSSR count). The van der Waals surface area contributed by atoms with Gasteiger partial charge in [-0.1, -0.05) is 27.7 Å². The fourth-order valence-electron chi connectivity index (χ4n) is 3.33. The lowest BCUT2D eigenvalue weighted by molar-refractivity contribution is -0.133. The van der Waals surface area contributed by atoms with Gasteiger partial charge in [-0.15, -0.1) is 0 Å². The van der Waals surface area contributed by atoms with Crippen LogP contribution in [0.1, 0.15) is 51.1 Å². The van der Waals surface area contributed by atoms with Gasteiger partial charge in [0.2, 0.25) is 5.91 Å². The molecule has 0 spiro atoms. The van der Waals surface area contributed by atoms with E-state index in [1.54, 1.807) is 0 Å². The highest BCUT2D eigenvalue weighted by molar-refractivity contribution is 5.78. The molecule has 0 aromatic carbocycles. The van der Waals surface area contributed by atoms with E-state index in [9.17, 15) is 4.79 Å². The van der Waals surface area contributed by atoms with Crippen molar-refractivity contribution in [3.63, 3.8) is 0 Å². The van der Waals surface area contributed by atoms with Crippen molar-refractivity contribution in [3.05, 3.63) is 17.0 Å². The lowest BCUT2D eigenvalue weighted by Crippen LogP contribution is -2.36. The number of carbonyl (C=O) groups is 1. The van der Waals surface area contributed by atoms with Gasteiger partial charge in [0, 0.05) is 49.9 Å². The van der Waals surface area contributed by atoms with Crippen LogP contribution in [0.3, 0.4) is 0 Å². The number of rotatable bonds is 6. The second-order valence-electron chi connectivity index (χ2n) is 6.51. The first-order chi connectivity index (χ1) is 10.5. The third kappa shape index (κ3) is 3.51. The van der Waals surface area contributed by atoms with Crippen LogP contribution in [0.5, 0.6) is 0 Å². The number of carbonyl (C=O) groups excluding carboxylic acids is 1. The number of likely N-dealkylation sites (tertiary alicyclic amines) is 1. The zero-order chi connectivity index (χ0) is 16.3. The van der Waals surface area contributed by atoms with Crippen LogP contribution in [0.25, 0.3) is 0 Å². The lowest BCUT2D eigenvalue weighted by atomic mass is 10.1. The van der Waals surface area contributed by atoms with Crippen LogP contribution in [-0.4, -0.2) is 39.7 Å². The molecule has 2 heterocycles. The molecule has 1 aliphatic heterocycles. The summed E-state index contributed by atoms with van der Waals surface area (Å²) in [5, 5.41) is 8.26. The summed E-state index contributed by atoms with van der Waals surface area (Å²) in [4.78, 5) is 14.0. The zero-order valence-corrected chi connectivity index (χ0v) is 14.6. The van der Waals surface area contributed by atoms with E-state index in [1.165, 1.54) is 17.0 Å². The van der Waals surface area contributed by atoms with E-state index < -0.39 is 0 Å². The molecule has 1 aromatic rings. The largest absolute Gasteiger partial charge is 0.341 e. The lowest BCUT2D eigenvalue weighted by Gasteiger charge is -2.19. The van der Waals surface area contributed by atoms with E-state index in [1.807, 2.05) is 30.5 Å². The summed E-state index contributed by atoms with van der Waals surface area (Å²) in [6.07, 6.45) is 3.01. The minimum Gasteiger partial charge on any atom is -0.341 e. The highest BCUT2D eigenvalue weighted by Crippen LogP contribution is 2.17. The van der Waals surface area contributed by atoms with Crippen molar-refractivity contribution < 1.29 is 4.79 Å². The molecule has 1 aromatic heterocycles. The number of amides is 1. The zero-order valence-electron chi connectivity index (χ0n) is 14.6. The topological polar surface area (TPSA) is 50.2 Å². The number of aromatic nitrogens is 2. The van der Waals surface area contributed by atoms with Gasteiger partial charge >= 0.3 is 0 Å². The average molecular weight is 306 g/mol. The molecule has 1 atom stereocenters. The van der Waals surface area contributed by atoms with E-state index >= 15 is 0 Å². The van der Waals surface area contributed by atoms with E-state index in [0.717, 1.165) is 38.9 Å². The summed E-state index contributed by atoms with van der Waals surface area (Å²) in [5.41, 5.74) is 3.86. The maximum atomic E-state index is 12.1. The molecular formula is C17H30N4O. The van der Waals surface area contributed by atoms with Gasteiger partial charge in [-0.2, -0.15) is 5.10 Å². The first-order valence-electron chi connectivity index (χ1n) is 8.53. The van der Waals surface area contributed by atoms with Gasteiger partial charge in [0.15, 0.2) is 0 Å². The van der Waals surface area contributed by atoms with Gasteiger partial charge < -0.3 is 10.2 Å². The van der Waals surface area contributed by atoms with Gasteiger partial charge in [0.1, 0.15) is 0 Å². The molecule has 1 saturated heterocycles. The summed E-state index contributed by atoms with van der Waals surface area (Å²) in [6.45, 7) is 10.8. The summed E-state index contributed by atoms with van der Waals surface area (Å²) in [5.74, 6) is 0.365. The van der Waals surface area contributed by atoms with Gasteiger partial charge in [-0.3, -0.25) is 9.48 Å². The van der Waals surface area contributed by atoms with Crippen molar-refractivity contribution in [2.24, 2.45) is 13.0 Å². The minimum absolute atomic E-state index is 0.0930. The van der Waals surface area contributed by atoms with Crippen LogP contribution in [-0.2, 0) is 31.2 Å². The van der Waals surface area contributed by atoms with Gasteiger partial charge in [0.25, 0.3) is 0 Å². The normalized spacial score (nSPS) is 18.5. The molecule has 0 aliphatic carbocycles. The Bertz CT molecular complexity index is 521. The third-order valence-corrected chi connectivity index (χ3v) is 4.59. The van der Waals surface area contributed by atoms with Gasteiger partial charge in [-0.05, 0) is 19.3 Å². The smallest absolute Gasteiger partial charge is 0.225 e. The van der Waals surface area contributed by atoms with E-state index in [-0.39, 0.29) is 11.8 Å². The molecule has 0 unspecified atom stereocenters. The molecule has 1 aliphatic rings. The Labute approximate surface area is 134 Å². The molecule has 124 valence electrons. The number of hydrogen-bond acceptors (Lipinski definition) is 3. The minimum atomic E-state index is 0.0930.